The normalized spacial score (nSPS) is 11.6. The largest absolute Gasteiger partial charge is 0.489 e. The Bertz CT molecular complexity index is 361. The van der Waals surface area contributed by atoms with Crippen LogP contribution in [0.4, 0.5) is 0 Å². The lowest BCUT2D eigenvalue weighted by atomic mass is 10.1. The lowest BCUT2D eigenvalue weighted by Crippen LogP contribution is -2.04. The van der Waals surface area contributed by atoms with Gasteiger partial charge in [-0.05, 0) is 25.5 Å². The molecule has 2 nitrogen and oxygen atoms in total. The molecule has 1 aromatic carbocycles. The molecule has 0 aliphatic heterocycles. The van der Waals surface area contributed by atoms with Crippen molar-refractivity contribution in [1.29, 1.82) is 0 Å². The van der Waals surface area contributed by atoms with Crippen LogP contribution in [0.1, 0.15) is 18.1 Å². The summed E-state index contributed by atoms with van der Waals surface area (Å²) in [5.41, 5.74) is 10.4. The molecule has 0 aromatic heterocycles. The predicted molar refractivity (Wildman–Crippen MR) is 64.2 cm³/mol. The van der Waals surface area contributed by atoms with E-state index in [1.54, 1.807) is 0 Å². The van der Waals surface area contributed by atoms with Gasteiger partial charge in [0.05, 0.1) is 0 Å². The van der Waals surface area contributed by atoms with Gasteiger partial charge >= 0.3 is 0 Å². The highest BCUT2D eigenvalue weighted by atomic mass is 35.5. The van der Waals surface area contributed by atoms with E-state index in [4.69, 9.17) is 22.1 Å². The first-order chi connectivity index (χ1) is 7.17. The van der Waals surface area contributed by atoms with Gasteiger partial charge < -0.3 is 10.5 Å². The van der Waals surface area contributed by atoms with E-state index in [0.29, 0.717) is 13.2 Å². The lowest BCUT2D eigenvalue weighted by molar-refractivity contribution is 0.348. The molecule has 2 N–H and O–H groups in total. The van der Waals surface area contributed by atoms with Crippen molar-refractivity contribution in [2.45, 2.75) is 20.4 Å². The molecule has 1 aromatic rings. The number of ether oxygens (including phenoxy) is 1. The highest BCUT2D eigenvalue weighted by Crippen LogP contribution is 2.20. The van der Waals surface area contributed by atoms with E-state index in [-0.39, 0.29) is 0 Å². The van der Waals surface area contributed by atoms with Crippen molar-refractivity contribution in [3.05, 3.63) is 40.4 Å². The third-order valence-electron chi connectivity index (χ3n) is 2.08. The average molecular weight is 226 g/mol. The van der Waals surface area contributed by atoms with E-state index in [0.717, 1.165) is 16.9 Å². The van der Waals surface area contributed by atoms with Gasteiger partial charge in [-0.3, -0.25) is 0 Å². The number of aryl methyl sites for hydroxylation is 1. The number of benzene rings is 1. The van der Waals surface area contributed by atoms with Crippen LogP contribution in [0.2, 0.25) is 0 Å². The standard InChI is InChI=1S/C12H16ClNO/c1-9-3-4-12(11(5-9)7-14)15-8-10(2)6-13/h3-6H,7-8,14H2,1-2H3/b10-6-. The summed E-state index contributed by atoms with van der Waals surface area (Å²) in [4.78, 5) is 0. The molecule has 0 amide bonds. The minimum Gasteiger partial charge on any atom is -0.489 e. The van der Waals surface area contributed by atoms with E-state index in [2.05, 4.69) is 0 Å². The minimum absolute atomic E-state index is 0.487. The van der Waals surface area contributed by atoms with Crippen LogP contribution in [0.5, 0.6) is 5.75 Å². The molecular weight excluding hydrogens is 210 g/mol. The van der Waals surface area contributed by atoms with Crippen LogP contribution in [0.3, 0.4) is 0 Å². The van der Waals surface area contributed by atoms with E-state index in [1.807, 2.05) is 32.0 Å². The summed E-state index contributed by atoms with van der Waals surface area (Å²) in [6.07, 6.45) is 0. The van der Waals surface area contributed by atoms with Gasteiger partial charge in [0.2, 0.25) is 0 Å². The third kappa shape index (κ3) is 3.57. The van der Waals surface area contributed by atoms with Gasteiger partial charge in [0, 0.05) is 17.6 Å². The van der Waals surface area contributed by atoms with Crippen LogP contribution < -0.4 is 10.5 Å². The molecule has 1 rings (SSSR count). The number of rotatable bonds is 4. The SMILES string of the molecule is C/C(=C/Cl)COc1ccc(C)cc1CN. The monoisotopic (exact) mass is 225 g/mol. The third-order valence-corrected chi connectivity index (χ3v) is 2.45. The summed E-state index contributed by atoms with van der Waals surface area (Å²) in [6, 6.07) is 5.99. The topological polar surface area (TPSA) is 35.2 Å². The molecule has 3 heteroatoms. The number of hydrogen-bond acceptors (Lipinski definition) is 2. The second-order valence-electron chi connectivity index (χ2n) is 3.56. The molecule has 0 radical (unpaired) electrons. The van der Waals surface area contributed by atoms with Gasteiger partial charge in [-0.1, -0.05) is 29.3 Å². The molecule has 82 valence electrons. The second-order valence-corrected chi connectivity index (χ2v) is 3.78. The maximum atomic E-state index is 5.64. The van der Waals surface area contributed by atoms with Crippen molar-refractivity contribution >= 4 is 11.6 Å². The first-order valence-electron chi connectivity index (χ1n) is 4.85. The van der Waals surface area contributed by atoms with Crippen molar-refractivity contribution in [2.75, 3.05) is 6.61 Å². The smallest absolute Gasteiger partial charge is 0.124 e. The average Bonchev–Trinajstić information content (AvgIpc) is 2.26. The van der Waals surface area contributed by atoms with Gasteiger partial charge in [-0.15, -0.1) is 0 Å². The lowest BCUT2D eigenvalue weighted by Gasteiger charge is -2.10. The van der Waals surface area contributed by atoms with Crippen molar-refractivity contribution in [3.63, 3.8) is 0 Å². The summed E-state index contributed by atoms with van der Waals surface area (Å²) >= 11 is 5.55. The first kappa shape index (κ1) is 12.1. The van der Waals surface area contributed by atoms with Gasteiger partial charge in [-0.2, -0.15) is 0 Å². The predicted octanol–water partition coefficient (Wildman–Crippen LogP) is 2.98. The summed E-state index contributed by atoms with van der Waals surface area (Å²) < 4.78 is 5.60. The van der Waals surface area contributed by atoms with E-state index >= 15 is 0 Å². The molecule has 0 saturated carbocycles. The zero-order valence-electron chi connectivity index (χ0n) is 9.09. The molecule has 0 atom stereocenters. The van der Waals surface area contributed by atoms with Crippen molar-refractivity contribution in [1.82, 2.24) is 0 Å². The van der Waals surface area contributed by atoms with Crippen molar-refractivity contribution < 1.29 is 4.74 Å². The number of nitrogens with two attached hydrogens (primary N) is 1. The molecule has 0 fully saturated rings. The Kier molecular flexibility index (Phi) is 4.66. The zero-order valence-corrected chi connectivity index (χ0v) is 9.84. The summed E-state index contributed by atoms with van der Waals surface area (Å²) in [7, 11) is 0. The fourth-order valence-corrected chi connectivity index (χ4v) is 1.29. The van der Waals surface area contributed by atoms with Gasteiger partial charge in [0.15, 0.2) is 0 Å². The molecule has 0 heterocycles. The Morgan fingerprint density at radius 1 is 1.53 bits per heavy atom. The molecule has 15 heavy (non-hydrogen) atoms. The van der Waals surface area contributed by atoms with Crippen LogP contribution in [0.15, 0.2) is 29.3 Å². The highest BCUT2D eigenvalue weighted by molar-refractivity contribution is 6.25. The minimum atomic E-state index is 0.487. The Hall–Kier alpha value is -0.990. The molecule has 0 aliphatic rings. The Balaban J connectivity index is 2.76. The Morgan fingerprint density at radius 3 is 2.87 bits per heavy atom. The summed E-state index contributed by atoms with van der Waals surface area (Å²) in [5, 5.41) is 0. The maximum Gasteiger partial charge on any atom is 0.124 e. The highest BCUT2D eigenvalue weighted by Gasteiger charge is 2.02. The molecular formula is C12H16ClNO. The van der Waals surface area contributed by atoms with Crippen LogP contribution in [0, 0.1) is 6.92 Å². The first-order valence-corrected chi connectivity index (χ1v) is 5.29. The van der Waals surface area contributed by atoms with Crippen LogP contribution in [0.25, 0.3) is 0 Å². The van der Waals surface area contributed by atoms with E-state index < -0.39 is 0 Å². The fraction of sp³-hybridized carbons (Fsp3) is 0.333. The number of hydrogen-bond donors (Lipinski definition) is 1. The van der Waals surface area contributed by atoms with E-state index in [9.17, 15) is 0 Å². The van der Waals surface area contributed by atoms with Crippen molar-refractivity contribution in [3.8, 4) is 5.75 Å². The molecule has 0 aliphatic carbocycles. The molecule has 0 unspecified atom stereocenters. The maximum absolute atomic E-state index is 5.64. The van der Waals surface area contributed by atoms with Crippen molar-refractivity contribution in [2.24, 2.45) is 5.73 Å². The zero-order chi connectivity index (χ0) is 11.3. The summed E-state index contributed by atoms with van der Waals surface area (Å²) in [6.45, 7) is 4.94. The van der Waals surface area contributed by atoms with Gasteiger partial charge in [0.25, 0.3) is 0 Å². The van der Waals surface area contributed by atoms with Gasteiger partial charge in [-0.25, -0.2) is 0 Å². The second kappa shape index (κ2) is 5.79. The van der Waals surface area contributed by atoms with Crippen LogP contribution in [-0.4, -0.2) is 6.61 Å². The Morgan fingerprint density at radius 2 is 2.27 bits per heavy atom. The molecule has 0 spiro atoms. The molecule has 0 saturated heterocycles. The van der Waals surface area contributed by atoms with Gasteiger partial charge in [0.1, 0.15) is 12.4 Å². The molecule has 0 bridgehead atoms. The summed E-state index contributed by atoms with van der Waals surface area (Å²) in [5.74, 6) is 0.834. The van der Waals surface area contributed by atoms with E-state index in [1.165, 1.54) is 11.1 Å². The quantitative estimate of drug-likeness (QED) is 0.855. The fourth-order valence-electron chi connectivity index (χ4n) is 1.23. The Labute approximate surface area is 95.7 Å². The van der Waals surface area contributed by atoms with Crippen LogP contribution in [-0.2, 0) is 6.54 Å². The number of halogens is 1. The van der Waals surface area contributed by atoms with Crippen LogP contribution >= 0.6 is 11.6 Å².